The van der Waals surface area contributed by atoms with E-state index in [4.69, 9.17) is 56.9 Å². The lowest BCUT2D eigenvalue weighted by atomic mass is 9.74. The van der Waals surface area contributed by atoms with Gasteiger partial charge in [-0.15, -0.1) is 0 Å². The molecule has 2 amide bonds. The fourth-order valence-electron chi connectivity index (χ4n) is 12.9. The third kappa shape index (κ3) is 18.7. The number of aliphatic hydroxyl groups is 2. The zero-order valence-corrected chi connectivity index (χ0v) is 54.9. The molecule has 1 saturated carbocycles. The topological polar surface area (TPSA) is 322 Å². The van der Waals surface area contributed by atoms with Crippen molar-refractivity contribution < 1.29 is 96.2 Å². The summed E-state index contributed by atoms with van der Waals surface area (Å²) in [7, 11) is 4.25. The van der Waals surface area contributed by atoms with Gasteiger partial charge < -0.3 is 82.9 Å². The quantitative estimate of drug-likeness (QED) is 0.0633. The number of rotatable bonds is 20. The molecular weight excluding hydrogens is 1150 g/mol. The zero-order chi connectivity index (χ0) is 65.3. The number of carbonyl (C=O) groups excluding carboxylic acids is 5. The van der Waals surface area contributed by atoms with Gasteiger partial charge in [-0.25, -0.2) is 14.8 Å². The van der Waals surface area contributed by atoms with Crippen LogP contribution >= 0.6 is 0 Å². The second-order valence-corrected chi connectivity index (χ2v) is 26.6. The van der Waals surface area contributed by atoms with Gasteiger partial charge in [0.15, 0.2) is 30.3 Å². The van der Waals surface area contributed by atoms with Crippen LogP contribution in [0.3, 0.4) is 0 Å². The van der Waals surface area contributed by atoms with Crippen molar-refractivity contribution >= 4 is 35.4 Å². The van der Waals surface area contributed by atoms with Gasteiger partial charge in [0.05, 0.1) is 72.6 Å². The predicted molar refractivity (Wildman–Crippen MR) is 317 cm³/mol. The lowest BCUT2D eigenvalue weighted by molar-refractivity contribution is -0.305. The number of ketones is 1. The smallest absolute Gasteiger partial charge is 0.408 e. The van der Waals surface area contributed by atoms with Crippen LogP contribution in [0, 0.1) is 41.4 Å². The molecule has 5 heterocycles. The maximum atomic E-state index is 16.1. The Kier molecular flexibility index (Phi) is 25.9. The van der Waals surface area contributed by atoms with Crippen LogP contribution in [0.1, 0.15) is 153 Å². The number of cyclic esters (lactones) is 1. The van der Waals surface area contributed by atoms with Crippen molar-refractivity contribution in [3.8, 4) is 5.88 Å². The number of ether oxygens (including phenoxy) is 11. The van der Waals surface area contributed by atoms with Crippen LogP contribution in [0.4, 0.5) is 4.79 Å². The average Bonchev–Trinajstić information content (AvgIpc) is 3.71. The van der Waals surface area contributed by atoms with E-state index in [1.807, 2.05) is 27.7 Å². The third-order valence-electron chi connectivity index (χ3n) is 17.7. The number of esters is 2. The Labute approximate surface area is 518 Å². The summed E-state index contributed by atoms with van der Waals surface area (Å²) in [6.07, 6.45) is -10.2. The van der Waals surface area contributed by atoms with Crippen molar-refractivity contribution in [3.05, 3.63) is 18.1 Å². The zero-order valence-electron chi connectivity index (χ0n) is 54.9. The normalized spacial score (nSPS) is 37.6. The molecule has 0 spiro atoms. The van der Waals surface area contributed by atoms with Crippen LogP contribution in [-0.4, -0.2) is 216 Å². The Bertz CT molecular complexity index is 2490. The molecule has 0 bridgehead atoms. The number of aromatic nitrogens is 2. The van der Waals surface area contributed by atoms with E-state index in [2.05, 4.69) is 37.6 Å². The van der Waals surface area contributed by atoms with Crippen LogP contribution in [0.15, 0.2) is 17.5 Å². The fraction of sp³-hybridized carbons (Fsp3) is 0.839. The molecule has 5 aliphatic rings. The van der Waals surface area contributed by atoms with Gasteiger partial charge in [0, 0.05) is 76.4 Å². The molecule has 0 aromatic carbocycles. The lowest BCUT2D eigenvalue weighted by Gasteiger charge is -2.45. The average molecular weight is 1250 g/mol. The largest absolute Gasteiger partial charge is 0.492 e. The fourth-order valence-corrected chi connectivity index (χ4v) is 12.9. The lowest BCUT2D eigenvalue weighted by Crippen LogP contribution is -2.59. The first-order valence-electron chi connectivity index (χ1n) is 31.2. The molecule has 0 radical (unpaired) electrons. The number of alkyl carbamates (subject to hydrolysis) is 1. The highest BCUT2D eigenvalue weighted by Crippen LogP contribution is 2.41. The van der Waals surface area contributed by atoms with E-state index in [0.717, 1.165) is 25.2 Å². The first kappa shape index (κ1) is 72.3. The van der Waals surface area contributed by atoms with Gasteiger partial charge in [-0.1, -0.05) is 53.6 Å². The van der Waals surface area contributed by atoms with Crippen LogP contribution in [0.2, 0.25) is 0 Å². The summed E-state index contributed by atoms with van der Waals surface area (Å²) in [5.74, 6) is -9.03. The molecule has 5 fully saturated rings. The first-order chi connectivity index (χ1) is 41.3. The van der Waals surface area contributed by atoms with Gasteiger partial charge in [0.1, 0.15) is 49.4 Å². The predicted octanol–water partition coefficient (Wildman–Crippen LogP) is 5.24. The minimum Gasteiger partial charge on any atom is -0.492 e. The second-order valence-electron chi connectivity index (χ2n) is 26.6. The number of nitrogens with zero attached hydrogens (tertiary/aromatic N) is 4. The summed E-state index contributed by atoms with van der Waals surface area (Å²) >= 11 is 0. The molecule has 26 heteroatoms. The highest BCUT2D eigenvalue weighted by molar-refractivity contribution is 5.93. The maximum Gasteiger partial charge on any atom is 0.408 e. The number of methoxy groups -OCH3 is 2. The number of aliphatic hydroxyl groups excluding tert-OH is 2. The van der Waals surface area contributed by atoms with Crippen molar-refractivity contribution in [2.75, 3.05) is 41.0 Å². The van der Waals surface area contributed by atoms with Gasteiger partial charge >= 0.3 is 18.0 Å². The van der Waals surface area contributed by atoms with E-state index < -0.39 is 156 Å². The Morgan fingerprint density at radius 3 is 2.14 bits per heavy atom. The molecule has 1 aliphatic carbocycles. The van der Waals surface area contributed by atoms with Gasteiger partial charge in [-0.2, -0.15) is 0 Å². The van der Waals surface area contributed by atoms with E-state index in [9.17, 15) is 29.7 Å². The second kappa shape index (κ2) is 31.5. The van der Waals surface area contributed by atoms with E-state index in [-0.39, 0.29) is 67.8 Å². The maximum absolute atomic E-state index is 16.1. The minimum absolute atomic E-state index is 0.0276. The Hall–Kier alpha value is -4.74. The molecule has 26 nitrogen and oxygen atoms in total. The third-order valence-corrected chi connectivity index (χ3v) is 17.7. The van der Waals surface area contributed by atoms with E-state index in [1.165, 1.54) is 28.3 Å². The Morgan fingerprint density at radius 1 is 0.841 bits per heavy atom. The van der Waals surface area contributed by atoms with Gasteiger partial charge in [-0.05, 0) is 86.5 Å². The molecule has 500 valence electrons. The van der Waals surface area contributed by atoms with Gasteiger partial charge in [0.25, 0.3) is 5.91 Å². The molecular formula is C62H102N6O20. The Morgan fingerprint density at radius 2 is 1.52 bits per heavy atom. The highest BCUT2D eigenvalue weighted by atomic mass is 16.7. The number of oxime groups is 1. The van der Waals surface area contributed by atoms with Crippen molar-refractivity contribution in [2.24, 2.45) is 46.6 Å². The van der Waals surface area contributed by atoms with Crippen LogP contribution in [0.25, 0.3) is 0 Å². The summed E-state index contributed by atoms with van der Waals surface area (Å²) in [6, 6.07) is 0.443. The molecule has 4 aliphatic heterocycles. The van der Waals surface area contributed by atoms with Crippen molar-refractivity contribution in [2.45, 2.75) is 252 Å². The number of carbonyl (C=O) groups is 5. The van der Waals surface area contributed by atoms with Crippen molar-refractivity contribution in [3.63, 3.8) is 0 Å². The number of aromatic hydroxyl groups is 1. The molecule has 22 atom stereocenters. The first-order valence-corrected chi connectivity index (χ1v) is 31.2. The van der Waals surface area contributed by atoms with E-state index in [0.29, 0.717) is 19.0 Å². The number of hydrogen-bond acceptors (Lipinski definition) is 24. The molecule has 12 unspecified atom stereocenters. The summed E-state index contributed by atoms with van der Waals surface area (Å²) in [6.45, 7) is 26.7. The molecule has 88 heavy (non-hydrogen) atoms. The number of nitrogens with one attached hydrogen (secondary N) is 2. The summed E-state index contributed by atoms with van der Waals surface area (Å²) in [4.78, 5) is 88.8. The summed E-state index contributed by atoms with van der Waals surface area (Å²) in [5, 5.41) is 42.2. The van der Waals surface area contributed by atoms with Crippen molar-refractivity contribution in [1.29, 1.82) is 0 Å². The SMILES string of the molecule is CON=C1C[C@@H](C)O[C@@H](OC2C(C)CC(C)(OC(=O)NC(C)(C)CNC(=O)c3cnc(O)cn3)C(=O)C(C)C(OC(=O)CC(C)C)C(C)C(C(C)CO[C@@H]3O[C@H](C)[C@@H](O)[C@@H](OC)[C@H]3OC)OC(=O)C(C)C(O[C@H]3CC(C)N(C4CC4)C[C@H](C)O3)C2C)[C@@H]1O. The standard InChI is InChI=1S/C62H102N6O20/c1-30(2)21-45(70)84-51-37(9)50(32(4)28-80-59-54(78-17)53(77-16)47(71)40(12)83-59)86-57(75)39(11)52(85-46-22-33(5)68(41-19-20-41)27-35(7)81-46)36(8)49(87-58-48(72)42(67-79-18)23-34(6)82-58)31(3)24-62(15,55(73)38(51)10)88-60(76)66-61(13,14)29-65-56(74)43-25-64-44(69)26-63-43/h25-26,30-41,46-54,58-59,71-72H,19-24,27-29H2,1-18H3,(H,64,69)(H,65,74)(H,66,76)/t31?,32?,33?,34-,35+,36?,37?,38?,39?,40-,46+,47-,48-,49?,50?,51?,52?,53-,54-,58+,59-,62?/m1/s1. The molecule has 1 aromatic heterocycles. The van der Waals surface area contributed by atoms with Gasteiger partial charge in [-0.3, -0.25) is 24.1 Å². The number of Topliss-reactive ketones (excluding diaryl/α,β-unsaturated/α-hetero) is 1. The Balaban J connectivity index is 1.49. The number of hydrogen-bond donors (Lipinski definition) is 5. The highest BCUT2D eigenvalue weighted by Gasteiger charge is 2.53. The molecule has 6 rings (SSSR count). The molecule has 4 saturated heterocycles. The van der Waals surface area contributed by atoms with Crippen LogP contribution in [-0.2, 0) is 71.3 Å². The minimum atomic E-state index is -2.10. The van der Waals surface area contributed by atoms with E-state index in [1.54, 1.807) is 62.3 Å². The summed E-state index contributed by atoms with van der Waals surface area (Å²) in [5.41, 5.74) is -3.17. The molecule has 1 aromatic rings. The van der Waals surface area contributed by atoms with Gasteiger partial charge in [0.2, 0.25) is 5.88 Å². The summed E-state index contributed by atoms with van der Waals surface area (Å²) < 4.78 is 71.0. The monoisotopic (exact) mass is 1250 g/mol. The molecule has 5 N–H and O–H groups in total. The van der Waals surface area contributed by atoms with Crippen LogP contribution in [0.5, 0.6) is 5.88 Å². The number of amides is 2. The van der Waals surface area contributed by atoms with Crippen molar-refractivity contribution in [1.82, 2.24) is 25.5 Å². The van der Waals surface area contributed by atoms with E-state index >= 15 is 9.59 Å². The van der Waals surface area contributed by atoms with Crippen LogP contribution < -0.4 is 10.6 Å².